The molecule has 3 amide bonds. The molecule has 7 heteroatoms. The van der Waals surface area contributed by atoms with Crippen molar-refractivity contribution in [2.45, 2.75) is 38.0 Å². The van der Waals surface area contributed by atoms with E-state index in [9.17, 15) is 14.4 Å². The third-order valence-electron chi connectivity index (χ3n) is 4.46. The average molecular weight is 318 g/mol. The fourth-order valence-corrected chi connectivity index (χ4v) is 3.35. The van der Waals surface area contributed by atoms with Gasteiger partial charge in [0.25, 0.3) is 0 Å². The molecule has 0 spiro atoms. The molecule has 2 bridgehead atoms. The van der Waals surface area contributed by atoms with Gasteiger partial charge in [0.15, 0.2) is 0 Å². The Bertz CT molecular complexity index is 618. The van der Waals surface area contributed by atoms with Crippen LogP contribution in [0, 0.1) is 5.92 Å². The van der Waals surface area contributed by atoms with Gasteiger partial charge in [0.05, 0.1) is 5.92 Å². The average Bonchev–Trinajstić information content (AvgIpc) is 2.81. The van der Waals surface area contributed by atoms with Gasteiger partial charge in [-0.2, -0.15) is 0 Å². The van der Waals surface area contributed by atoms with Gasteiger partial charge in [-0.05, 0) is 24.8 Å². The zero-order chi connectivity index (χ0) is 16.4. The molecule has 2 N–H and O–H groups in total. The predicted octanol–water partition coefficient (Wildman–Crippen LogP) is 1.97. The molecule has 1 saturated carbocycles. The summed E-state index contributed by atoms with van der Waals surface area (Å²) in [5.74, 6) is -0.900. The zero-order valence-corrected chi connectivity index (χ0v) is 12.5. The lowest BCUT2D eigenvalue weighted by Gasteiger charge is -2.27. The van der Waals surface area contributed by atoms with E-state index >= 15 is 0 Å². The zero-order valence-electron chi connectivity index (χ0n) is 12.5. The first-order chi connectivity index (χ1) is 11.1. The second-order valence-corrected chi connectivity index (χ2v) is 5.88. The number of rotatable bonds is 3. The Kier molecular flexibility index (Phi) is 4.18. The van der Waals surface area contributed by atoms with Crippen LogP contribution in [0.25, 0.3) is 0 Å². The largest absolute Gasteiger partial charge is 0.465 e. The van der Waals surface area contributed by atoms with Crippen molar-refractivity contribution in [3.8, 4) is 0 Å². The lowest BCUT2D eigenvalue weighted by molar-refractivity contribution is -0.130. The summed E-state index contributed by atoms with van der Waals surface area (Å²) in [5.41, 5.74) is 0.875. The van der Waals surface area contributed by atoms with E-state index in [-0.39, 0.29) is 18.7 Å². The van der Waals surface area contributed by atoms with Crippen LogP contribution in [0.4, 0.5) is 9.59 Å². The van der Waals surface area contributed by atoms with E-state index in [1.54, 1.807) is 0 Å². The van der Waals surface area contributed by atoms with Gasteiger partial charge in [0.2, 0.25) is 5.91 Å². The van der Waals surface area contributed by atoms with Crippen LogP contribution in [0.5, 0.6) is 0 Å². The van der Waals surface area contributed by atoms with Gasteiger partial charge in [0, 0.05) is 12.1 Å². The van der Waals surface area contributed by atoms with Crippen LogP contribution in [0.15, 0.2) is 30.3 Å². The molecule has 1 aliphatic carbocycles. The van der Waals surface area contributed by atoms with E-state index in [1.807, 2.05) is 30.3 Å². The molecule has 1 saturated heterocycles. The maximum absolute atomic E-state index is 12.2. The molecule has 0 aromatic heterocycles. The number of amides is 3. The number of hydrogen-bond donors (Lipinski definition) is 2. The maximum atomic E-state index is 12.2. The fourth-order valence-electron chi connectivity index (χ4n) is 3.35. The molecule has 1 aromatic carbocycles. The topological polar surface area (TPSA) is 95.9 Å². The minimum Gasteiger partial charge on any atom is -0.465 e. The molecule has 3 unspecified atom stereocenters. The van der Waals surface area contributed by atoms with Crippen LogP contribution in [-0.2, 0) is 16.1 Å². The van der Waals surface area contributed by atoms with Gasteiger partial charge in [0.1, 0.15) is 6.61 Å². The second-order valence-electron chi connectivity index (χ2n) is 5.88. The summed E-state index contributed by atoms with van der Waals surface area (Å²) in [5, 5.41) is 11.8. The maximum Gasteiger partial charge on any atom is 0.414 e. The Hall–Kier alpha value is -2.57. The number of carbonyl (C=O) groups is 3. The number of nitrogens with zero attached hydrogens (tertiary/aromatic N) is 1. The number of ether oxygens (including phenoxy) is 1. The van der Waals surface area contributed by atoms with Crippen LogP contribution < -0.4 is 5.32 Å². The van der Waals surface area contributed by atoms with E-state index in [0.29, 0.717) is 19.3 Å². The van der Waals surface area contributed by atoms with Gasteiger partial charge >= 0.3 is 12.2 Å². The predicted molar refractivity (Wildman–Crippen MR) is 79.6 cm³/mol. The van der Waals surface area contributed by atoms with Crippen LogP contribution >= 0.6 is 0 Å². The van der Waals surface area contributed by atoms with Crippen molar-refractivity contribution in [3.05, 3.63) is 35.9 Å². The van der Waals surface area contributed by atoms with E-state index in [0.717, 1.165) is 10.5 Å². The minimum atomic E-state index is -1.21. The number of imide groups is 1. The molecule has 3 rings (SSSR count). The van der Waals surface area contributed by atoms with Crippen LogP contribution in [0.2, 0.25) is 0 Å². The number of nitrogens with one attached hydrogen (secondary N) is 1. The van der Waals surface area contributed by atoms with E-state index in [2.05, 4.69) is 5.32 Å². The summed E-state index contributed by atoms with van der Waals surface area (Å²) in [6, 6.07) is 8.66. The highest BCUT2D eigenvalue weighted by atomic mass is 16.5. The number of alkyl carbamates (subject to hydrolysis) is 1. The van der Waals surface area contributed by atoms with Crippen molar-refractivity contribution >= 4 is 18.1 Å². The van der Waals surface area contributed by atoms with E-state index in [4.69, 9.17) is 9.84 Å². The van der Waals surface area contributed by atoms with Crippen molar-refractivity contribution in [1.29, 1.82) is 0 Å². The number of fused-ring (bicyclic) bond motifs is 2. The van der Waals surface area contributed by atoms with Gasteiger partial charge in [-0.1, -0.05) is 30.3 Å². The van der Waals surface area contributed by atoms with Crippen LogP contribution in [-0.4, -0.2) is 40.2 Å². The first kappa shape index (κ1) is 15.3. The highest BCUT2D eigenvalue weighted by Gasteiger charge is 2.50. The molecule has 23 heavy (non-hydrogen) atoms. The smallest absolute Gasteiger partial charge is 0.414 e. The van der Waals surface area contributed by atoms with E-state index < -0.39 is 24.0 Å². The Labute approximate surface area is 133 Å². The van der Waals surface area contributed by atoms with Crippen molar-refractivity contribution in [3.63, 3.8) is 0 Å². The third-order valence-corrected chi connectivity index (χ3v) is 4.46. The Balaban J connectivity index is 1.55. The molecular weight excluding hydrogens is 300 g/mol. The number of hydrogen-bond acceptors (Lipinski definition) is 4. The first-order valence-electron chi connectivity index (χ1n) is 7.59. The van der Waals surface area contributed by atoms with Crippen molar-refractivity contribution < 1.29 is 24.2 Å². The summed E-state index contributed by atoms with van der Waals surface area (Å²) in [6.45, 7) is 0.155. The lowest BCUT2D eigenvalue weighted by Crippen LogP contribution is -2.44. The summed E-state index contributed by atoms with van der Waals surface area (Å²) in [4.78, 5) is 36.1. The monoisotopic (exact) mass is 318 g/mol. The summed E-state index contributed by atoms with van der Waals surface area (Å²) >= 11 is 0. The van der Waals surface area contributed by atoms with Crippen molar-refractivity contribution in [2.75, 3.05) is 0 Å². The standard InChI is InChI=1S/C16H18N2O5/c19-14-12-8-11(18(14)16(21)22)6-7-13(12)17-15(20)23-9-10-4-2-1-3-5-10/h1-5,11-13H,6-9H2,(H,17,20)(H,21,22). The van der Waals surface area contributed by atoms with Crippen LogP contribution in [0.3, 0.4) is 0 Å². The fraction of sp³-hybridized carbons (Fsp3) is 0.438. The first-order valence-corrected chi connectivity index (χ1v) is 7.59. The van der Waals surface area contributed by atoms with Crippen molar-refractivity contribution in [2.24, 2.45) is 5.92 Å². The van der Waals surface area contributed by atoms with Gasteiger partial charge in [-0.25, -0.2) is 14.5 Å². The van der Waals surface area contributed by atoms with Gasteiger partial charge in [-0.3, -0.25) is 4.79 Å². The van der Waals surface area contributed by atoms with Crippen LogP contribution in [0.1, 0.15) is 24.8 Å². The number of benzene rings is 1. The number of likely N-dealkylation sites (tertiary alicyclic amines) is 1. The Morgan fingerprint density at radius 1 is 1.26 bits per heavy atom. The molecular formula is C16H18N2O5. The lowest BCUT2D eigenvalue weighted by atomic mass is 9.85. The molecule has 0 radical (unpaired) electrons. The summed E-state index contributed by atoms with van der Waals surface area (Å²) in [7, 11) is 0. The molecule has 1 heterocycles. The molecule has 1 aliphatic heterocycles. The molecule has 1 aromatic rings. The highest BCUT2D eigenvalue weighted by Crippen LogP contribution is 2.36. The summed E-state index contributed by atoms with van der Waals surface area (Å²) < 4.78 is 5.16. The number of carbonyl (C=O) groups excluding carboxylic acids is 2. The Morgan fingerprint density at radius 3 is 2.70 bits per heavy atom. The molecule has 2 fully saturated rings. The second kappa shape index (κ2) is 6.28. The normalized spacial score (nSPS) is 26.0. The molecule has 7 nitrogen and oxygen atoms in total. The molecule has 122 valence electrons. The van der Waals surface area contributed by atoms with Crippen molar-refractivity contribution in [1.82, 2.24) is 10.2 Å². The van der Waals surface area contributed by atoms with Gasteiger partial charge in [-0.15, -0.1) is 0 Å². The summed E-state index contributed by atoms with van der Waals surface area (Å²) in [6.07, 6.45) is -0.188. The minimum absolute atomic E-state index is 0.155. The third kappa shape index (κ3) is 3.13. The quantitative estimate of drug-likeness (QED) is 0.888. The number of carboxylic acid groups (broad SMARTS) is 1. The SMILES string of the molecule is O=C(NC1CCC2CC1C(=O)N2C(=O)O)OCc1ccccc1. The molecule has 2 aliphatic rings. The Morgan fingerprint density at radius 2 is 2.00 bits per heavy atom. The van der Waals surface area contributed by atoms with E-state index in [1.165, 1.54) is 0 Å². The van der Waals surface area contributed by atoms with Gasteiger partial charge < -0.3 is 15.2 Å². The molecule has 3 atom stereocenters. The highest BCUT2D eigenvalue weighted by molar-refractivity contribution is 5.95.